The lowest BCUT2D eigenvalue weighted by Gasteiger charge is -2.46. The third-order valence-electron chi connectivity index (χ3n) is 9.95. The quantitative estimate of drug-likeness (QED) is 0.278. The number of aromatic nitrogens is 5. The normalized spacial score (nSPS) is 18.4. The second kappa shape index (κ2) is 11.8. The molecule has 0 aromatic carbocycles. The number of nitrogens with one attached hydrogen (secondary N) is 1. The molecule has 12 heteroatoms. The smallest absolute Gasteiger partial charge is 0.280 e. The maximum atomic E-state index is 13.7. The summed E-state index contributed by atoms with van der Waals surface area (Å²) in [5.41, 5.74) is 5.84. The number of anilines is 3. The van der Waals surface area contributed by atoms with Crippen molar-refractivity contribution in [2.24, 2.45) is 7.05 Å². The molecule has 2 fully saturated rings. The van der Waals surface area contributed by atoms with Gasteiger partial charge >= 0.3 is 0 Å². The van der Waals surface area contributed by atoms with Gasteiger partial charge in [-0.3, -0.25) is 19.1 Å². The van der Waals surface area contributed by atoms with Crippen molar-refractivity contribution in [3.63, 3.8) is 0 Å². The molecule has 0 radical (unpaired) electrons. The molecule has 0 bridgehead atoms. The maximum absolute atomic E-state index is 13.7. The van der Waals surface area contributed by atoms with Crippen LogP contribution in [0.15, 0.2) is 70.9 Å². The van der Waals surface area contributed by atoms with E-state index in [0.717, 1.165) is 57.8 Å². The van der Waals surface area contributed by atoms with Gasteiger partial charge in [-0.2, -0.15) is 0 Å². The summed E-state index contributed by atoms with van der Waals surface area (Å²) in [6.45, 7) is 6.44. The Bertz CT molecular complexity index is 2100. The first kappa shape index (κ1) is 29.6. The zero-order valence-corrected chi connectivity index (χ0v) is 26.6. The predicted octanol–water partition coefficient (Wildman–Crippen LogP) is 2.88. The summed E-state index contributed by atoms with van der Waals surface area (Å²) in [4.78, 5) is 41.0. The number of aliphatic hydroxyl groups excluding tert-OH is 1. The second-order valence-electron chi connectivity index (χ2n) is 12.8. The lowest BCUT2D eigenvalue weighted by atomic mass is 10.0. The van der Waals surface area contributed by atoms with Crippen LogP contribution >= 0.6 is 0 Å². The van der Waals surface area contributed by atoms with Crippen molar-refractivity contribution in [3.05, 3.63) is 98.8 Å². The van der Waals surface area contributed by atoms with Crippen LogP contribution in [0.25, 0.3) is 22.5 Å². The Morgan fingerprint density at radius 3 is 2.66 bits per heavy atom. The van der Waals surface area contributed by atoms with Crippen LogP contribution in [0.4, 0.5) is 17.2 Å². The third-order valence-corrected chi connectivity index (χ3v) is 9.95. The second-order valence-corrected chi connectivity index (χ2v) is 12.8. The minimum atomic E-state index is -0.344. The molecule has 242 valence electrons. The molecule has 0 amide bonds. The molecular weight excluding hydrogens is 596 g/mol. The van der Waals surface area contributed by atoms with Gasteiger partial charge in [0.25, 0.3) is 11.1 Å². The zero-order valence-electron chi connectivity index (χ0n) is 26.6. The monoisotopic (exact) mass is 634 g/mol. The van der Waals surface area contributed by atoms with E-state index in [4.69, 9.17) is 4.74 Å². The van der Waals surface area contributed by atoms with Crippen molar-refractivity contribution in [2.45, 2.75) is 44.9 Å². The zero-order chi connectivity index (χ0) is 32.2. The summed E-state index contributed by atoms with van der Waals surface area (Å²) in [6, 6.07) is 10.3. The van der Waals surface area contributed by atoms with Crippen molar-refractivity contribution in [1.82, 2.24) is 28.4 Å². The first-order valence-corrected chi connectivity index (χ1v) is 16.3. The van der Waals surface area contributed by atoms with Crippen molar-refractivity contribution >= 4 is 22.7 Å². The highest BCUT2D eigenvalue weighted by Gasteiger charge is 2.32. The molecule has 0 spiro atoms. The minimum Gasteiger partial charge on any atom is -0.392 e. The van der Waals surface area contributed by atoms with Crippen molar-refractivity contribution in [3.8, 4) is 16.9 Å². The fourth-order valence-electron chi connectivity index (χ4n) is 7.35. The number of rotatable bonds is 7. The van der Waals surface area contributed by atoms with Gasteiger partial charge in [0.05, 0.1) is 37.7 Å². The predicted molar refractivity (Wildman–Crippen MR) is 180 cm³/mol. The van der Waals surface area contributed by atoms with Gasteiger partial charge in [-0.15, -0.1) is 0 Å². The Balaban J connectivity index is 1.08. The molecule has 1 aliphatic carbocycles. The van der Waals surface area contributed by atoms with Gasteiger partial charge in [0.1, 0.15) is 22.8 Å². The van der Waals surface area contributed by atoms with Gasteiger partial charge in [0.2, 0.25) is 0 Å². The van der Waals surface area contributed by atoms with E-state index in [1.807, 2.05) is 35.0 Å². The number of aryl methyl sites for hydroxylation is 3. The highest BCUT2D eigenvalue weighted by molar-refractivity contribution is 5.73. The molecule has 12 nitrogen and oxygen atoms in total. The van der Waals surface area contributed by atoms with Gasteiger partial charge in [0, 0.05) is 74.3 Å². The van der Waals surface area contributed by atoms with E-state index >= 15 is 0 Å². The van der Waals surface area contributed by atoms with E-state index in [1.165, 1.54) is 20.4 Å². The van der Waals surface area contributed by atoms with E-state index in [9.17, 15) is 14.7 Å². The van der Waals surface area contributed by atoms with Gasteiger partial charge < -0.3 is 29.0 Å². The van der Waals surface area contributed by atoms with Crippen LogP contribution in [0.2, 0.25) is 0 Å². The fraction of sp³-hybridized carbons (Fsp3) is 0.371. The van der Waals surface area contributed by atoms with E-state index in [1.54, 1.807) is 37.8 Å². The molecule has 0 unspecified atom stereocenters. The van der Waals surface area contributed by atoms with Gasteiger partial charge in [-0.1, -0.05) is 0 Å². The van der Waals surface area contributed by atoms with Crippen molar-refractivity contribution in [2.75, 3.05) is 43.1 Å². The molecule has 3 aliphatic rings. The number of hydrogen-bond donors (Lipinski definition) is 2. The van der Waals surface area contributed by atoms with Crippen LogP contribution in [0.5, 0.6) is 0 Å². The average molecular weight is 635 g/mol. The third kappa shape index (κ3) is 5.13. The van der Waals surface area contributed by atoms with Crippen LogP contribution in [-0.4, -0.2) is 78.4 Å². The molecule has 5 aromatic heterocycles. The van der Waals surface area contributed by atoms with Crippen molar-refractivity contribution in [1.29, 1.82) is 0 Å². The summed E-state index contributed by atoms with van der Waals surface area (Å²) in [5, 5.41) is 13.8. The molecule has 5 aromatic rings. The SMILES string of the molecule is C[C@H]1CN(C2COC2)CCN1c1ccc(Nc2cc(-c3ccnc(-n4ccn5c6c(cc5c4=O)CCC6)c3CO)cn(C)c2=O)nc1. The number of hydrogen-bond acceptors (Lipinski definition) is 9. The van der Waals surface area contributed by atoms with E-state index in [0.29, 0.717) is 51.6 Å². The first-order chi connectivity index (χ1) is 22.9. The van der Waals surface area contributed by atoms with E-state index in [-0.39, 0.29) is 17.7 Å². The first-order valence-electron chi connectivity index (χ1n) is 16.3. The molecule has 0 saturated carbocycles. The van der Waals surface area contributed by atoms with Gasteiger partial charge in [-0.25, -0.2) is 9.97 Å². The molecule has 2 aliphatic heterocycles. The maximum Gasteiger partial charge on any atom is 0.280 e. The summed E-state index contributed by atoms with van der Waals surface area (Å²) < 4.78 is 10.4. The van der Waals surface area contributed by atoms with Crippen LogP contribution in [0.1, 0.15) is 30.2 Å². The Kier molecular flexibility index (Phi) is 7.42. The number of pyridine rings is 3. The molecular formula is C35H38N8O4. The average Bonchev–Trinajstić information content (AvgIpc) is 3.65. The summed E-state index contributed by atoms with van der Waals surface area (Å²) in [5.74, 6) is 0.910. The number of nitrogens with zero attached hydrogens (tertiary/aromatic N) is 7. The Hall–Kier alpha value is -4.78. The highest BCUT2D eigenvalue weighted by atomic mass is 16.5. The highest BCUT2D eigenvalue weighted by Crippen LogP contribution is 2.30. The van der Waals surface area contributed by atoms with E-state index < -0.39 is 0 Å². The number of aliphatic hydroxyl groups is 1. The lowest BCUT2D eigenvalue weighted by molar-refractivity contribution is -0.0691. The number of fused-ring (bicyclic) bond motifs is 3. The summed E-state index contributed by atoms with van der Waals surface area (Å²) in [7, 11) is 1.69. The lowest BCUT2D eigenvalue weighted by Crippen LogP contribution is -2.59. The van der Waals surface area contributed by atoms with Crippen molar-refractivity contribution < 1.29 is 9.84 Å². The van der Waals surface area contributed by atoms with Crippen LogP contribution in [-0.2, 0) is 31.2 Å². The standard InChI is InChI=1S/C35H38N8O4/c1-22-17-40(26-20-47-21-26)10-11-41(22)25-6-7-32(37-16-25)38-29-14-24(18-39(2)34(29)45)27-8-9-36-33(28(27)19-44)43-13-12-42-30-5-3-4-23(30)15-31(42)35(43)46/h6-9,12-16,18,22,26,44H,3-5,10-11,17,19-21H2,1-2H3,(H,37,38)/t22-/m0/s1. The molecule has 2 N–H and O–H groups in total. The topological polar surface area (TPSA) is 122 Å². The molecule has 8 rings (SSSR count). The summed E-state index contributed by atoms with van der Waals surface area (Å²) in [6.07, 6.45) is 11.8. The summed E-state index contributed by atoms with van der Waals surface area (Å²) >= 11 is 0. The van der Waals surface area contributed by atoms with Crippen LogP contribution < -0.4 is 21.3 Å². The van der Waals surface area contributed by atoms with Gasteiger partial charge in [-0.05, 0) is 67.6 Å². The molecule has 47 heavy (non-hydrogen) atoms. The Morgan fingerprint density at radius 1 is 1.04 bits per heavy atom. The van der Waals surface area contributed by atoms with Crippen LogP contribution in [0.3, 0.4) is 0 Å². The molecule has 1 atom stereocenters. The Labute approximate surface area is 271 Å². The largest absolute Gasteiger partial charge is 0.392 e. The number of piperazine rings is 1. The minimum absolute atomic E-state index is 0.192. The number of ether oxygens (including phenoxy) is 1. The fourth-order valence-corrected chi connectivity index (χ4v) is 7.35. The molecule has 7 heterocycles. The van der Waals surface area contributed by atoms with E-state index in [2.05, 4.69) is 32.0 Å². The molecule has 2 saturated heterocycles. The Morgan fingerprint density at radius 2 is 1.91 bits per heavy atom. The van der Waals surface area contributed by atoms with Gasteiger partial charge in [0.15, 0.2) is 0 Å². The van der Waals surface area contributed by atoms with Crippen LogP contribution in [0, 0.1) is 0 Å².